The van der Waals surface area contributed by atoms with Crippen LogP contribution < -0.4 is 10.3 Å². The number of ether oxygens (including phenoxy) is 1. The highest BCUT2D eigenvalue weighted by molar-refractivity contribution is 7.91. The van der Waals surface area contributed by atoms with Crippen LogP contribution in [0.15, 0.2) is 34.1 Å². The fourth-order valence-electron chi connectivity index (χ4n) is 2.43. The van der Waals surface area contributed by atoms with Gasteiger partial charge in [-0.25, -0.2) is 8.42 Å². The molecule has 0 fully saturated rings. The minimum Gasteiger partial charge on any atom is -0.497 e. The van der Waals surface area contributed by atoms with Crippen molar-refractivity contribution in [1.29, 1.82) is 0 Å². The number of hydrogen-bond acceptors (Lipinski definition) is 4. The largest absolute Gasteiger partial charge is 0.497 e. The van der Waals surface area contributed by atoms with Gasteiger partial charge in [0, 0.05) is 11.9 Å². The highest BCUT2D eigenvalue weighted by Gasteiger charge is 2.25. The quantitative estimate of drug-likeness (QED) is 0.786. The number of methoxy groups -OCH3 is 1. The Bertz CT molecular complexity index is 820. The second-order valence-electron chi connectivity index (χ2n) is 4.56. The molecule has 5 nitrogen and oxygen atoms in total. The molecule has 1 aromatic carbocycles. The molecule has 2 heterocycles. The molecule has 2 aromatic rings. The minimum absolute atomic E-state index is 0.0991. The molecule has 0 bridgehead atoms. The van der Waals surface area contributed by atoms with Gasteiger partial charge >= 0.3 is 0 Å². The summed E-state index contributed by atoms with van der Waals surface area (Å²) in [5, 5.41) is 1.23. The topological polar surface area (TPSA) is 65.4 Å². The van der Waals surface area contributed by atoms with Crippen molar-refractivity contribution < 1.29 is 13.2 Å². The van der Waals surface area contributed by atoms with Gasteiger partial charge in [0.2, 0.25) is 0 Å². The van der Waals surface area contributed by atoms with E-state index in [1.54, 1.807) is 24.3 Å². The normalized spacial score (nSPS) is 17.1. The van der Waals surface area contributed by atoms with Crippen molar-refractivity contribution in [3.63, 3.8) is 0 Å². The number of rotatable bonds is 1. The van der Waals surface area contributed by atoms with Gasteiger partial charge in [-0.3, -0.25) is 9.36 Å². The number of hydrogen-bond donors (Lipinski definition) is 0. The maximum Gasteiger partial charge on any atom is 0.259 e. The molecule has 6 heteroatoms. The molecule has 19 heavy (non-hydrogen) atoms. The first kappa shape index (κ1) is 12.2. The Morgan fingerprint density at radius 1 is 1.26 bits per heavy atom. The van der Waals surface area contributed by atoms with E-state index in [0.29, 0.717) is 29.5 Å². The molecule has 1 aliphatic rings. The maximum atomic E-state index is 12.3. The summed E-state index contributed by atoms with van der Waals surface area (Å²) in [4.78, 5) is 12.3. The van der Waals surface area contributed by atoms with E-state index in [4.69, 9.17) is 4.74 Å². The van der Waals surface area contributed by atoms with Crippen LogP contribution in [-0.2, 0) is 16.4 Å². The molecule has 0 radical (unpaired) electrons. The Labute approximate surface area is 110 Å². The Kier molecular flexibility index (Phi) is 2.63. The first-order valence-corrected chi connectivity index (χ1v) is 7.62. The lowest BCUT2D eigenvalue weighted by Crippen LogP contribution is -2.31. The zero-order valence-corrected chi connectivity index (χ0v) is 11.2. The zero-order valence-electron chi connectivity index (χ0n) is 10.4. The van der Waals surface area contributed by atoms with Crippen LogP contribution in [0.3, 0.4) is 0 Å². The van der Waals surface area contributed by atoms with Gasteiger partial charge in [0.1, 0.15) is 10.8 Å². The summed E-state index contributed by atoms with van der Waals surface area (Å²) < 4.78 is 30.5. The predicted octanol–water partition coefficient (Wildman–Crippen LogP) is 1.19. The standard InChI is InChI=1S/C13H13NO4S/c1-18-10-3-4-11-9(7-10)8-12-14(13(11)15)5-2-6-19(12,16)17/h3-4,7-8H,2,5-6H2,1H3. The van der Waals surface area contributed by atoms with Gasteiger partial charge in [-0.15, -0.1) is 0 Å². The first-order chi connectivity index (χ1) is 9.03. The number of sulfone groups is 1. The average Bonchev–Trinajstić information content (AvgIpc) is 2.39. The Hall–Kier alpha value is -1.82. The van der Waals surface area contributed by atoms with Crippen LogP contribution >= 0.6 is 0 Å². The second-order valence-corrected chi connectivity index (χ2v) is 6.62. The third-order valence-electron chi connectivity index (χ3n) is 3.39. The molecule has 0 aliphatic carbocycles. The van der Waals surface area contributed by atoms with Crippen molar-refractivity contribution in [1.82, 2.24) is 4.57 Å². The maximum absolute atomic E-state index is 12.3. The lowest BCUT2D eigenvalue weighted by atomic mass is 10.1. The Morgan fingerprint density at radius 2 is 2.05 bits per heavy atom. The van der Waals surface area contributed by atoms with Crippen LogP contribution in [-0.4, -0.2) is 25.8 Å². The number of pyridine rings is 1. The zero-order chi connectivity index (χ0) is 13.6. The summed E-state index contributed by atoms with van der Waals surface area (Å²) in [6.45, 7) is 0.454. The molecule has 0 amide bonds. The summed E-state index contributed by atoms with van der Waals surface area (Å²) >= 11 is 0. The van der Waals surface area contributed by atoms with Crippen LogP contribution in [0.5, 0.6) is 5.75 Å². The minimum atomic E-state index is -3.35. The van der Waals surface area contributed by atoms with Gasteiger partial charge in [-0.1, -0.05) is 0 Å². The highest BCUT2D eigenvalue weighted by atomic mass is 32.2. The lowest BCUT2D eigenvalue weighted by Gasteiger charge is -2.19. The molecule has 100 valence electrons. The number of nitrogens with zero attached hydrogens (tertiary/aromatic N) is 1. The van der Waals surface area contributed by atoms with Gasteiger partial charge in [-0.05, 0) is 36.1 Å². The third kappa shape index (κ3) is 1.83. The van der Waals surface area contributed by atoms with Crippen LogP contribution in [0.4, 0.5) is 0 Å². The summed E-state index contributed by atoms with van der Waals surface area (Å²) in [5.41, 5.74) is -0.251. The number of fused-ring (bicyclic) bond motifs is 2. The van der Waals surface area contributed by atoms with Crippen LogP contribution in [0.2, 0.25) is 0 Å². The van der Waals surface area contributed by atoms with Gasteiger partial charge in [-0.2, -0.15) is 0 Å². The molecule has 0 N–H and O–H groups in total. The monoisotopic (exact) mass is 279 g/mol. The van der Waals surface area contributed by atoms with E-state index in [0.717, 1.165) is 0 Å². The van der Waals surface area contributed by atoms with E-state index in [1.165, 1.54) is 11.7 Å². The van der Waals surface area contributed by atoms with E-state index in [9.17, 15) is 13.2 Å². The van der Waals surface area contributed by atoms with Crippen LogP contribution in [0.1, 0.15) is 6.42 Å². The van der Waals surface area contributed by atoms with Gasteiger partial charge in [0.25, 0.3) is 5.56 Å². The number of benzene rings is 1. The van der Waals surface area contributed by atoms with E-state index >= 15 is 0 Å². The van der Waals surface area contributed by atoms with Crippen LogP contribution in [0, 0.1) is 0 Å². The second kappa shape index (κ2) is 4.09. The van der Waals surface area contributed by atoms with E-state index in [1.807, 2.05) is 0 Å². The molecule has 0 spiro atoms. The van der Waals surface area contributed by atoms with E-state index in [-0.39, 0.29) is 16.3 Å². The average molecular weight is 279 g/mol. The van der Waals surface area contributed by atoms with Crippen molar-refractivity contribution in [2.24, 2.45) is 0 Å². The van der Waals surface area contributed by atoms with Crippen molar-refractivity contribution >= 4 is 20.6 Å². The molecule has 3 rings (SSSR count). The van der Waals surface area contributed by atoms with Crippen LogP contribution in [0.25, 0.3) is 10.8 Å². The van der Waals surface area contributed by atoms with E-state index < -0.39 is 9.84 Å². The molecule has 1 aromatic heterocycles. The smallest absolute Gasteiger partial charge is 0.259 e. The van der Waals surface area contributed by atoms with Crippen molar-refractivity contribution in [3.05, 3.63) is 34.6 Å². The molecule has 0 unspecified atom stereocenters. The molecule has 0 atom stereocenters. The Morgan fingerprint density at radius 3 is 2.79 bits per heavy atom. The molecule has 0 saturated heterocycles. The third-order valence-corrected chi connectivity index (χ3v) is 5.19. The summed E-state index contributed by atoms with van der Waals surface area (Å²) in [7, 11) is -1.82. The molecule has 0 saturated carbocycles. The van der Waals surface area contributed by atoms with Gasteiger partial charge in [0.05, 0.1) is 12.9 Å². The van der Waals surface area contributed by atoms with Gasteiger partial charge in [0.15, 0.2) is 9.84 Å². The number of aromatic nitrogens is 1. The fourth-order valence-corrected chi connectivity index (χ4v) is 3.96. The van der Waals surface area contributed by atoms with E-state index in [2.05, 4.69) is 0 Å². The van der Waals surface area contributed by atoms with Crippen molar-refractivity contribution in [2.75, 3.05) is 12.9 Å². The van der Waals surface area contributed by atoms with Crippen molar-refractivity contribution in [3.8, 4) is 5.75 Å². The lowest BCUT2D eigenvalue weighted by molar-refractivity contribution is 0.415. The predicted molar refractivity (Wildman–Crippen MR) is 71.4 cm³/mol. The SMILES string of the molecule is COc1ccc2c(=O)n3c(cc2c1)S(=O)(=O)CCC3. The first-order valence-electron chi connectivity index (χ1n) is 5.97. The molecular weight excluding hydrogens is 266 g/mol. The summed E-state index contributed by atoms with van der Waals surface area (Å²) in [6, 6.07) is 6.62. The van der Waals surface area contributed by atoms with Gasteiger partial charge < -0.3 is 4.74 Å². The molecular formula is C13H13NO4S. The highest BCUT2D eigenvalue weighted by Crippen LogP contribution is 2.24. The summed E-state index contributed by atoms with van der Waals surface area (Å²) in [6.07, 6.45) is 0.483. The molecule has 1 aliphatic heterocycles. The fraction of sp³-hybridized carbons (Fsp3) is 0.308. The van der Waals surface area contributed by atoms with Crippen molar-refractivity contribution in [2.45, 2.75) is 18.0 Å². The Balaban J connectivity index is 2.43. The summed E-state index contributed by atoms with van der Waals surface area (Å²) in [5.74, 6) is 0.701.